The van der Waals surface area contributed by atoms with Gasteiger partial charge in [-0.3, -0.25) is 4.74 Å². The summed E-state index contributed by atoms with van der Waals surface area (Å²) in [5, 5.41) is -6.68. The van der Waals surface area contributed by atoms with Crippen molar-refractivity contribution in [2.45, 2.75) is 30.0 Å². The normalized spacial score (nSPS) is 16.0. The van der Waals surface area contributed by atoms with E-state index in [0.717, 1.165) is 0 Å². The second-order valence-corrected chi connectivity index (χ2v) is 4.81. The Bertz CT molecular complexity index is 490. The Labute approximate surface area is 132 Å². The van der Waals surface area contributed by atoms with Crippen LogP contribution < -0.4 is 18.9 Å². The summed E-state index contributed by atoms with van der Waals surface area (Å²) in [5.41, 5.74) is 0. The van der Waals surface area contributed by atoms with Crippen molar-refractivity contribution in [2.75, 3.05) is 6.61 Å². The summed E-state index contributed by atoms with van der Waals surface area (Å²) in [7, 11) is -7.18. The molecule has 0 aliphatic rings. The summed E-state index contributed by atoms with van der Waals surface area (Å²) in [6.45, 7) is -2.87. The van der Waals surface area contributed by atoms with Crippen molar-refractivity contribution >= 4 is 10.1 Å². The van der Waals surface area contributed by atoms with Gasteiger partial charge in [0.2, 0.25) is 0 Å². The predicted octanol–water partition coefficient (Wildman–Crippen LogP) is -0.795. The van der Waals surface area contributed by atoms with E-state index < -0.39 is 46.7 Å². The van der Waals surface area contributed by atoms with Crippen molar-refractivity contribution in [1.82, 2.24) is 0 Å². The fourth-order valence-corrected chi connectivity index (χ4v) is 0.995. The van der Waals surface area contributed by atoms with Gasteiger partial charge < -0.3 is 9.29 Å². The molecular formula is C6H3F10LiO5S. The van der Waals surface area contributed by atoms with Gasteiger partial charge in [-0.15, -0.1) is 0 Å². The smallest absolute Gasteiger partial charge is 0.743 e. The second-order valence-electron chi connectivity index (χ2n) is 3.39. The first-order valence-electron chi connectivity index (χ1n) is 4.45. The van der Waals surface area contributed by atoms with E-state index in [9.17, 15) is 56.9 Å². The van der Waals surface area contributed by atoms with Gasteiger partial charge in [0.1, 0.15) is 6.61 Å². The van der Waals surface area contributed by atoms with E-state index in [1.807, 2.05) is 0 Å². The monoisotopic (exact) mass is 384 g/mol. The van der Waals surface area contributed by atoms with Crippen molar-refractivity contribution in [3.63, 3.8) is 0 Å². The summed E-state index contributed by atoms with van der Waals surface area (Å²) in [6, 6.07) is 0. The average Bonchev–Trinajstić information content (AvgIpc) is 2.23. The molecule has 0 spiro atoms. The van der Waals surface area contributed by atoms with E-state index >= 15 is 0 Å². The maximum absolute atomic E-state index is 12.6. The Hall–Kier alpha value is -0.273. The van der Waals surface area contributed by atoms with Gasteiger partial charge in [-0.25, -0.2) is 12.8 Å². The van der Waals surface area contributed by atoms with Gasteiger partial charge in [0.05, 0.1) is 0 Å². The summed E-state index contributed by atoms with van der Waals surface area (Å²) in [6.07, 6.45) is -22.8. The van der Waals surface area contributed by atoms with E-state index in [1.165, 1.54) is 0 Å². The van der Waals surface area contributed by atoms with Crippen LogP contribution in [-0.4, -0.2) is 49.6 Å². The maximum Gasteiger partial charge on any atom is 1.00 e. The van der Waals surface area contributed by atoms with Gasteiger partial charge in [0.15, 0.2) is 10.1 Å². The zero-order valence-electron chi connectivity index (χ0n) is 10.5. The fourth-order valence-electron chi connectivity index (χ4n) is 0.656. The van der Waals surface area contributed by atoms with Gasteiger partial charge in [-0.2, -0.15) is 39.5 Å². The third kappa shape index (κ3) is 6.62. The minimum Gasteiger partial charge on any atom is -0.743 e. The molecule has 23 heavy (non-hydrogen) atoms. The molecule has 0 saturated carbocycles. The number of ether oxygens (including phenoxy) is 2. The second kappa shape index (κ2) is 7.31. The first-order chi connectivity index (χ1) is 9.33. The third-order valence-corrected chi connectivity index (χ3v) is 2.46. The van der Waals surface area contributed by atoms with Crippen molar-refractivity contribution in [3.8, 4) is 0 Å². The molecule has 1 unspecified atom stereocenters. The molecule has 0 rings (SSSR count). The largest absolute Gasteiger partial charge is 1.00 e. The molecule has 0 heterocycles. The summed E-state index contributed by atoms with van der Waals surface area (Å²) < 4.78 is 156. The van der Waals surface area contributed by atoms with Crippen molar-refractivity contribution in [2.24, 2.45) is 0 Å². The molecule has 1 atom stereocenters. The van der Waals surface area contributed by atoms with Crippen molar-refractivity contribution < 1.29 is 85.2 Å². The average molecular weight is 384 g/mol. The first kappa shape index (κ1) is 25.0. The molecule has 5 nitrogen and oxygen atoms in total. The van der Waals surface area contributed by atoms with Crippen LogP contribution in [0.2, 0.25) is 0 Å². The summed E-state index contributed by atoms with van der Waals surface area (Å²) >= 11 is 0. The minimum atomic E-state index is -7.18. The van der Waals surface area contributed by atoms with E-state index in [-0.39, 0.29) is 18.9 Å². The van der Waals surface area contributed by atoms with Crippen LogP contribution in [0.15, 0.2) is 0 Å². The maximum atomic E-state index is 12.6. The molecule has 0 radical (unpaired) electrons. The first-order valence-corrected chi connectivity index (χ1v) is 5.86. The number of rotatable bonds is 7. The zero-order valence-corrected chi connectivity index (χ0v) is 11.3. The molecule has 0 amide bonds. The van der Waals surface area contributed by atoms with Gasteiger partial charge >= 0.3 is 42.5 Å². The van der Waals surface area contributed by atoms with E-state index in [0.29, 0.717) is 0 Å². The Morgan fingerprint density at radius 1 is 0.957 bits per heavy atom. The Morgan fingerprint density at radius 3 is 1.65 bits per heavy atom. The third-order valence-electron chi connectivity index (χ3n) is 1.60. The van der Waals surface area contributed by atoms with Gasteiger partial charge in [0.25, 0.3) is 6.36 Å². The van der Waals surface area contributed by atoms with Crippen LogP contribution in [0, 0.1) is 0 Å². The van der Waals surface area contributed by atoms with Crippen LogP contribution in [0.25, 0.3) is 0 Å². The molecule has 0 fully saturated rings. The van der Waals surface area contributed by atoms with Crippen LogP contribution in [0.5, 0.6) is 0 Å². The number of halogens is 10. The molecule has 0 aromatic carbocycles. The van der Waals surface area contributed by atoms with Crippen LogP contribution in [0.1, 0.15) is 0 Å². The molecule has 0 bridgehead atoms. The molecule has 0 aromatic heterocycles. The van der Waals surface area contributed by atoms with Gasteiger partial charge in [-0.1, -0.05) is 0 Å². The minimum absolute atomic E-state index is 0. The molecule has 134 valence electrons. The zero-order chi connectivity index (χ0) is 18.2. The topological polar surface area (TPSA) is 75.7 Å². The summed E-state index contributed by atoms with van der Waals surface area (Å²) in [5.74, 6) is 0. The standard InChI is InChI=1S/C6H4F10O5S.Li/c7-2(4(11,12)20-1-3(8,9)10)21-5(13,14)6(15,16)22(17,18)19;/h2H,1H2,(H,17,18,19);/q;+1/p-1. The molecule has 0 N–H and O–H groups in total. The number of hydrogen-bond acceptors (Lipinski definition) is 5. The van der Waals surface area contributed by atoms with Crippen LogP contribution in [0.3, 0.4) is 0 Å². The van der Waals surface area contributed by atoms with Crippen molar-refractivity contribution in [1.29, 1.82) is 0 Å². The number of alkyl halides is 10. The van der Waals surface area contributed by atoms with Crippen LogP contribution >= 0.6 is 0 Å². The Morgan fingerprint density at radius 2 is 1.35 bits per heavy atom. The van der Waals surface area contributed by atoms with Gasteiger partial charge in [-0.05, 0) is 0 Å². The predicted molar refractivity (Wildman–Crippen MR) is 42.5 cm³/mol. The van der Waals surface area contributed by atoms with E-state index in [2.05, 4.69) is 9.47 Å². The molecule has 0 aromatic rings. The van der Waals surface area contributed by atoms with Crippen molar-refractivity contribution in [3.05, 3.63) is 0 Å². The Kier molecular flexibility index (Phi) is 7.94. The molecule has 0 aliphatic carbocycles. The molecular weight excluding hydrogens is 381 g/mol. The van der Waals surface area contributed by atoms with E-state index in [1.54, 1.807) is 0 Å². The molecule has 17 heteroatoms. The summed E-state index contributed by atoms with van der Waals surface area (Å²) in [4.78, 5) is 0. The van der Waals surface area contributed by atoms with Crippen LogP contribution in [0.4, 0.5) is 43.9 Å². The molecule has 0 saturated heterocycles. The van der Waals surface area contributed by atoms with Gasteiger partial charge in [0, 0.05) is 0 Å². The number of hydrogen-bond donors (Lipinski definition) is 0. The quantitative estimate of drug-likeness (QED) is 0.327. The molecule has 0 aliphatic heterocycles. The fraction of sp³-hybridized carbons (Fsp3) is 1.00. The SMILES string of the molecule is O=S(=O)([O-])C(F)(F)C(F)(F)OC(F)C(F)(F)OCC(F)(F)F.[Li+]. The van der Waals surface area contributed by atoms with Crippen LogP contribution in [-0.2, 0) is 19.6 Å². The Balaban J connectivity index is 0. The van der Waals surface area contributed by atoms with E-state index in [4.69, 9.17) is 0 Å².